The molecule has 2 aliphatic heterocycles. The molecule has 5 N–H and O–H groups in total. The number of ether oxygens (including phenoxy) is 1. The van der Waals surface area contributed by atoms with E-state index in [1.807, 2.05) is 6.07 Å². The van der Waals surface area contributed by atoms with E-state index in [0.29, 0.717) is 29.5 Å². The highest BCUT2D eigenvalue weighted by molar-refractivity contribution is 8.24. The molecule has 1 saturated heterocycles. The molecule has 29 heavy (non-hydrogen) atoms. The molecule has 0 radical (unpaired) electrons. The second-order valence-electron chi connectivity index (χ2n) is 8.32. The summed E-state index contributed by atoms with van der Waals surface area (Å²) in [5.41, 5.74) is 6.74. The second kappa shape index (κ2) is 8.14. The van der Waals surface area contributed by atoms with Crippen molar-refractivity contribution in [2.75, 3.05) is 24.4 Å². The minimum absolute atomic E-state index is 0.0572. The first-order chi connectivity index (χ1) is 13.9. The standard InChI is InChI=1S/C20H30N4O4S/c21-19-18-16(22-29(26,27)23-19)7-4-8-17(18)28-13-15-6-5-11-24(12-15)20(14-25)9-2-1-3-10-20/h4,7-8,14-15,22,26-27H,1-3,5-6,9-13H2,(H2,21,23). The predicted octanol–water partition coefficient (Wildman–Crippen LogP) is 3.39. The van der Waals surface area contributed by atoms with Gasteiger partial charge in [-0.05, 0) is 55.3 Å². The first-order valence-electron chi connectivity index (χ1n) is 10.3. The van der Waals surface area contributed by atoms with Crippen molar-refractivity contribution in [1.82, 2.24) is 4.90 Å². The molecule has 2 fully saturated rings. The van der Waals surface area contributed by atoms with E-state index in [-0.39, 0.29) is 11.4 Å². The number of likely N-dealkylation sites (tertiary alicyclic amines) is 1. The third-order valence-corrected chi connectivity index (χ3v) is 7.26. The van der Waals surface area contributed by atoms with Gasteiger partial charge >= 0.3 is 0 Å². The zero-order valence-corrected chi connectivity index (χ0v) is 17.4. The van der Waals surface area contributed by atoms with Gasteiger partial charge in [-0.25, -0.2) is 0 Å². The zero-order chi connectivity index (χ0) is 20.5. The van der Waals surface area contributed by atoms with Crippen LogP contribution in [0.2, 0.25) is 0 Å². The molecule has 1 aromatic rings. The molecule has 9 heteroatoms. The quantitative estimate of drug-likeness (QED) is 0.537. The number of hydrogen-bond donors (Lipinski definition) is 4. The molecule has 0 spiro atoms. The normalized spacial score (nSPS) is 27.1. The van der Waals surface area contributed by atoms with Gasteiger partial charge in [0.15, 0.2) is 5.84 Å². The maximum Gasteiger partial charge on any atom is 0.158 e. The monoisotopic (exact) mass is 422 g/mol. The number of nitrogens with zero attached hydrogens (tertiary/aromatic N) is 2. The molecule has 1 unspecified atom stereocenters. The number of fused-ring (bicyclic) bond motifs is 1. The van der Waals surface area contributed by atoms with E-state index in [0.717, 1.165) is 51.6 Å². The van der Waals surface area contributed by atoms with Crippen molar-refractivity contribution in [2.24, 2.45) is 16.0 Å². The molecule has 0 amide bonds. The lowest BCUT2D eigenvalue weighted by Gasteiger charge is -2.46. The van der Waals surface area contributed by atoms with Crippen LogP contribution in [0.4, 0.5) is 5.69 Å². The smallest absolute Gasteiger partial charge is 0.158 e. The van der Waals surface area contributed by atoms with Gasteiger partial charge in [-0.2, -0.15) is 0 Å². The minimum atomic E-state index is -3.31. The van der Waals surface area contributed by atoms with E-state index in [4.69, 9.17) is 10.5 Å². The molecular weight excluding hydrogens is 392 g/mol. The first kappa shape index (κ1) is 20.5. The Morgan fingerprint density at radius 2 is 2.10 bits per heavy atom. The summed E-state index contributed by atoms with van der Waals surface area (Å²) in [4.78, 5) is 14.3. The third kappa shape index (κ3) is 4.23. The van der Waals surface area contributed by atoms with E-state index >= 15 is 0 Å². The lowest BCUT2D eigenvalue weighted by atomic mass is 9.79. The topological polar surface area (TPSA) is 120 Å². The highest BCUT2D eigenvalue weighted by Gasteiger charge is 2.40. The van der Waals surface area contributed by atoms with Crippen LogP contribution in [0.25, 0.3) is 0 Å². The Kier molecular flexibility index (Phi) is 5.74. The summed E-state index contributed by atoms with van der Waals surface area (Å²) >= 11 is 0. The fraction of sp³-hybridized carbons (Fsp3) is 0.600. The lowest BCUT2D eigenvalue weighted by Crippen LogP contribution is -2.55. The molecule has 4 rings (SSSR count). The Hall–Kier alpha value is -1.81. The highest BCUT2D eigenvalue weighted by atomic mass is 32.3. The number of nitrogens with two attached hydrogens (primary N) is 1. The highest BCUT2D eigenvalue weighted by Crippen LogP contribution is 2.47. The molecule has 2 heterocycles. The van der Waals surface area contributed by atoms with Crippen molar-refractivity contribution in [3.05, 3.63) is 23.8 Å². The summed E-state index contributed by atoms with van der Waals surface area (Å²) in [7, 11) is -3.31. The Morgan fingerprint density at radius 3 is 2.86 bits per heavy atom. The van der Waals surface area contributed by atoms with E-state index < -0.39 is 11.0 Å². The predicted molar refractivity (Wildman–Crippen MR) is 115 cm³/mol. The number of anilines is 1. The number of hydrogen-bond acceptors (Lipinski definition) is 8. The van der Waals surface area contributed by atoms with Crippen LogP contribution >= 0.6 is 11.0 Å². The Balaban J connectivity index is 1.44. The van der Waals surface area contributed by atoms with Crippen LogP contribution in [0.5, 0.6) is 5.75 Å². The van der Waals surface area contributed by atoms with Gasteiger partial charge in [0, 0.05) is 12.5 Å². The van der Waals surface area contributed by atoms with E-state index in [9.17, 15) is 13.9 Å². The summed E-state index contributed by atoms with van der Waals surface area (Å²) in [5.74, 6) is 0.959. The van der Waals surface area contributed by atoms with Crippen LogP contribution in [0.1, 0.15) is 50.5 Å². The number of nitrogens with one attached hydrogen (secondary N) is 1. The molecule has 1 aliphatic carbocycles. The molecule has 0 bridgehead atoms. The average Bonchev–Trinajstić information content (AvgIpc) is 2.71. The van der Waals surface area contributed by atoms with Crippen LogP contribution in [-0.2, 0) is 4.79 Å². The fourth-order valence-electron chi connectivity index (χ4n) is 4.84. The second-order valence-corrected chi connectivity index (χ2v) is 9.75. The van der Waals surface area contributed by atoms with Gasteiger partial charge in [0.25, 0.3) is 0 Å². The number of carbonyl (C=O) groups is 1. The SMILES string of the molecule is NC1=NS(O)(O)Nc2cccc(OCC3CCCN(C4(C=O)CCCCC4)C3)c21. The van der Waals surface area contributed by atoms with Crippen LogP contribution in [0.3, 0.4) is 0 Å². The van der Waals surface area contributed by atoms with Crippen LogP contribution < -0.4 is 15.2 Å². The van der Waals surface area contributed by atoms with Crippen LogP contribution in [0, 0.1) is 5.92 Å². The number of amidine groups is 1. The van der Waals surface area contributed by atoms with Gasteiger partial charge in [-0.15, -0.1) is 4.40 Å². The van der Waals surface area contributed by atoms with Crippen LogP contribution in [0.15, 0.2) is 22.6 Å². The number of rotatable bonds is 5. The molecule has 1 aromatic carbocycles. The van der Waals surface area contributed by atoms with E-state index in [2.05, 4.69) is 14.0 Å². The average molecular weight is 423 g/mol. The number of piperidine rings is 1. The summed E-state index contributed by atoms with van der Waals surface area (Å²) in [6.07, 6.45) is 8.68. The molecular formula is C20H30N4O4S. The number of carbonyl (C=O) groups excluding carboxylic acids is 1. The van der Waals surface area contributed by atoms with Crippen molar-refractivity contribution in [3.8, 4) is 5.75 Å². The molecule has 3 aliphatic rings. The third-order valence-electron chi connectivity index (χ3n) is 6.32. The minimum Gasteiger partial charge on any atom is -0.492 e. The van der Waals surface area contributed by atoms with Crippen molar-refractivity contribution < 1.29 is 18.6 Å². The lowest BCUT2D eigenvalue weighted by molar-refractivity contribution is -0.122. The summed E-state index contributed by atoms with van der Waals surface area (Å²) in [6.45, 7) is 2.35. The summed E-state index contributed by atoms with van der Waals surface area (Å²) < 4.78 is 32.1. The van der Waals surface area contributed by atoms with Gasteiger partial charge in [0.1, 0.15) is 12.0 Å². The number of benzene rings is 1. The Morgan fingerprint density at radius 1 is 1.31 bits per heavy atom. The van der Waals surface area contributed by atoms with Crippen molar-refractivity contribution >= 4 is 28.8 Å². The molecule has 1 saturated carbocycles. The largest absolute Gasteiger partial charge is 0.492 e. The van der Waals surface area contributed by atoms with Gasteiger partial charge in [0.05, 0.1) is 23.4 Å². The Bertz CT molecular complexity index is 795. The Labute approximate surface area is 173 Å². The van der Waals surface area contributed by atoms with Gasteiger partial charge in [-0.3, -0.25) is 18.7 Å². The van der Waals surface area contributed by atoms with E-state index in [1.165, 1.54) is 12.7 Å². The van der Waals surface area contributed by atoms with Crippen LogP contribution in [-0.4, -0.2) is 51.4 Å². The summed E-state index contributed by atoms with van der Waals surface area (Å²) in [6, 6.07) is 5.32. The molecule has 0 aromatic heterocycles. The molecule has 8 nitrogen and oxygen atoms in total. The maximum atomic E-state index is 12.0. The first-order valence-corrected chi connectivity index (χ1v) is 11.8. The summed E-state index contributed by atoms with van der Waals surface area (Å²) in [5, 5.41) is 0. The van der Waals surface area contributed by atoms with Crippen molar-refractivity contribution in [1.29, 1.82) is 0 Å². The van der Waals surface area contributed by atoms with Crippen molar-refractivity contribution in [2.45, 2.75) is 50.5 Å². The number of aldehydes is 1. The molecule has 160 valence electrons. The van der Waals surface area contributed by atoms with Gasteiger partial charge in [0.2, 0.25) is 0 Å². The van der Waals surface area contributed by atoms with Gasteiger partial charge in [-0.1, -0.05) is 25.3 Å². The van der Waals surface area contributed by atoms with Crippen molar-refractivity contribution in [3.63, 3.8) is 0 Å². The fourth-order valence-corrected chi connectivity index (χ4v) is 5.72. The maximum absolute atomic E-state index is 12.0. The molecule has 1 atom stereocenters. The zero-order valence-electron chi connectivity index (χ0n) is 16.5. The van der Waals surface area contributed by atoms with Gasteiger partial charge < -0.3 is 15.3 Å². The van der Waals surface area contributed by atoms with E-state index in [1.54, 1.807) is 12.1 Å².